The molecule has 1 aromatic heterocycles. The average Bonchev–Trinajstić information content (AvgIpc) is 3.10. The van der Waals surface area contributed by atoms with Crippen LogP contribution >= 0.6 is 0 Å². The molecule has 0 radical (unpaired) electrons. The number of aryl methyl sites for hydroxylation is 1. The van der Waals surface area contributed by atoms with Gasteiger partial charge in [-0.1, -0.05) is 64.4 Å². The second-order valence-electron chi connectivity index (χ2n) is 5.53. The summed E-state index contributed by atoms with van der Waals surface area (Å²) in [6.45, 7) is 10.2. The van der Waals surface area contributed by atoms with Gasteiger partial charge in [-0.05, 0) is 24.8 Å². The molecule has 3 unspecified atom stereocenters. The molecular weight excluding hydrogens is 258 g/mol. The molecule has 1 saturated carbocycles. The van der Waals surface area contributed by atoms with Crippen molar-refractivity contribution in [2.75, 3.05) is 0 Å². The van der Waals surface area contributed by atoms with E-state index >= 15 is 0 Å². The van der Waals surface area contributed by atoms with Crippen LogP contribution in [-0.4, -0.2) is 14.8 Å². The van der Waals surface area contributed by atoms with Gasteiger partial charge in [0.05, 0.1) is 6.04 Å². The zero-order valence-corrected chi connectivity index (χ0v) is 13.9. The highest BCUT2D eigenvalue weighted by molar-refractivity contribution is 5.31. The van der Waals surface area contributed by atoms with Gasteiger partial charge in [-0.25, -0.2) is 9.67 Å². The van der Waals surface area contributed by atoms with Crippen molar-refractivity contribution in [3.63, 3.8) is 0 Å². The molecule has 3 nitrogen and oxygen atoms in total. The van der Waals surface area contributed by atoms with Crippen LogP contribution in [0.1, 0.15) is 69.7 Å². The summed E-state index contributed by atoms with van der Waals surface area (Å²) in [5.74, 6) is 3.53. The fraction of sp³-hybridized carbons (Fsp3) is 0.556. The molecular formula is C18H27N3. The highest BCUT2D eigenvalue weighted by atomic mass is 15.4. The molecule has 1 aromatic carbocycles. The predicted molar refractivity (Wildman–Crippen MR) is 87.5 cm³/mol. The third-order valence-electron chi connectivity index (χ3n) is 3.75. The molecule has 2 heterocycles. The maximum atomic E-state index is 4.54. The predicted octanol–water partition coefficient (Wildman–Crippen LogP) is 4.74. The maximum Gasteiger partial charge on any atom is 0.147 e. The standard InChI is InChI=1S/C13H13N3.C3H8.C2H6/c1-8-14-13-11-7-10(11)12(16(13)15-8)9-5-3-2-4-6-9;1-3-2;1-2/h2-6,10-12H,7H2,1H3;3H2,1-2H3;1-2H3. The first-order valence-corrected chi connectivity index (χ1v) is 8.24. The van der Waals surface area contributed by atoms with Gasteiger partial charge < -0.3 is 0 Å². The SMILES string of the molecule is CC.CCC.Cc1nc2n(n1)C(c1ccccc1)C1CC21. The lowest BCUT2D eigenvalue weighted by atomic mass is 10.0. The third kappa shape index (κ3) is 3.02. The maximum absolute atomic E-state index is 4.54. The van der Waals surface area contributed by atoms with Gasteiger partial charge in [0, 0.05) is 5.92 Å². The summed E-state index contributed by atoms with van der Waals surface area (Å²) in [6.07, 6.45) is 2.54. The van der Waals surface area contributed by atoms with Crippen LogP contribution in [0.2, 0.25) is 0 Å². The summed E-state index contributed by atoms with van der Waals surface area (Å²) < 4.78 is 2.14. The van der Waals surface area contributed by atoms with Crippen LogP contribution in [0.25, 0.3) is 0 Å². The van der Waals surface area contributed by atoms with Crippen molar-refractivity contribution >= 4 is 0 Å². The van der Waals surface area contributed by atoms with Crippen LogP contribution in [-0.2, 0) is 0 Å². The summed E-state index contributed by atoms with van der Waals surface area (Å²) in [6, 6.07) is 11.1. The highest BCUT2D eigenvalue weighted by Crippen LogP contribution is 2.60. The highest BCUT2D eigenvalue weighted by Gasteiger charge is 2.54. The second-order valence-corrected chi connectivity index (χ2v) is 5.53. The van der Waals surface area contributed by atoms with E-state index in [4.69, 9.17) is 0 Å². The molecule has 4 rings (SSSR count). The molecule has 2 aromatic rings. The Morgan fingerprint density at radius 1 is 1.14 bits per heavy atom. The lowest BCUT2D eigenvalue weighted by Gasteiger charge is -2.14. The molecule has 1 aliphatic heterocycles. The Hall–Kier alpha value is -1.64. The van der Waals surface area contributed by atoms with Crippen molar-refractivity contribution in [1.29, 1.82) is 0 Å². The molecule has 0 saturated heterocycles. The Morgan fingerprint density at radius 2 is 1.76 bits per heavy atom. The van der Waals surface area contributed by atoms with E-state index in [1.165, 1.54) is 24.2 Å². The third-order valence-corrected chi connectivity index (χ3v) is 3.75. The van der Waals surface area contributed by atoms with Crippen molar-refractivity contribution in [3.8, 4) is 0 Å². The number of rotatable bonds is 1. The van der Waals surface area contributed by atoms with Crippen LogP contribution in [0.3, 0.4) is 0 Å². The zero-order valence-electron chi connectivity index (χ0n) is 13.9. The van der Waals surface area contributed by atoms with Crippen LogP contribution in [0, 0.1) is 12.8 Å². The molecule has 2 aliphatic rings. The minimum Gasteiger partial charge on any atom is -0.242 e. The largest absolute Gasteiger partial charge is 0.242 e. The van der Waals surface area contributed by atoms with Crippen molar-refractivity contribution < 1.29 is 0 Å². The average molecular weight is 285 g/mol. The molecule has 1 fully saturated rings. The fourth-order valence-corrected chi connectivity index (χ4v) is 2.98. The topological polar surface area (TPSA) is 30.7 Å². The molecule has 0 spiro atoms. The quantitative estimate of drug-likeness (QED) is 0.758. The summed E-state index contributed by atoms with van der Waals surface area (Å²) in [5, 5.41) is 4.54. The Labute approximate surface area is 128 Å². The minimum absolute atomic E-state index is 0.433. The molecule has 0 bridgehead atoms. The van der Waals surface area contributed by atoms with Gasteiger partial charge in [0.15, 0.2) is 0 Å². The normalized spacial score (nSPS) is 24.0. The van der Waals surface area contributed by atoms with Gasteiger partial charge in [0.1, 0.15) is 11.6 Å². The Bertz CT molecular complexity index is 559. The van der Waals surface area contributed by atoms with Gasteiger partial charge in [-0.15, -0.1) is 0 Å². The van der Waals surface area contributed by atoms with Crippen molar-refractivity contribution in [1.82, 2.24) is 14.8 Å². The molecule has 1 aliphatic carbocycles. The number of aromatic nitrogens is 3. The van der Waals surface area contributed by atoms with Crippen LogP contribution < -0.4 is 0 Å². The van der Waals surface area contributed by atoms with E-state index < -0.39 is 0 Å². The van der Waals surface area contributed by atoms with E-state index in [0.717, 1.165) is 11.7 Å². The van der Waals surface area contributed by atoms with Gasteiger partial charge >= 0.3 is 0 Å². The molecule has 3 heteroatoms. The zero-order chi connectivity index (χ0) is 15.4. The van der Waals surface area contributed by atoms with Gasteiger partial charge in [-0.2, -0.15) is 5.10 Å². The smallest absolute Gasteiger partial charge is 0.147 e. The molecule has 21 heavy (non-hydrogen) atoms. The van der Waals surface area contributed by atoms with Crippen molar-refractivity contribution in [2.45, 2.75) is 59.4 Å². The minimum atomic E-state index is 0.433. The Balaban J connectivity index is 0.000000291. The number of hydrogen-bond acceptors (Lipinski definition) is 2. The molecule has 3 atom stereocenters. The molecule has 0 N–H and O–H groups in total. The van der Waals surface area contributed by atoms with E-state index in [9.17, 15) is 0 Å². The lowest BCUT2D eigenvalue weighted by Crippen LogP contribution is -2.11. The van der Waals surface area contributed by atoms with Gasteiger partial charge in [-0.3, -0.25) is 0 Å². The fourth-order valence-electron chi connectivity index (χ4n) is 2.98. The number of fused-ring (bicyclic) bond motifs is 3. The number of hydrogen-bond donors (Lipinski definition) is 0. The lowest BCUT2D eigenvalue weighted by molar-refractivity contribution is 0.498. The van der Waals surface area contributed by atoms with Crippen LogP contribution in [0.5, 0.6) is 0 Å². The Kier molecular flexibility index (Phi) is 5.16. The van der Waals surface area contributed by atoms with E-state index in [0.29, 0.717) is 12.0 Å². The first kappa shape index (κ1) is 15.7. The Morgan fingerprint density at radius 3 is 2.38 bits per heavy atom. The monoisotopic (exact) mass is 285 g/mol. The second kappa shape index (κ2) is 6.88. The molecule has 0 amide bonds. The van der Waals surface area contributed by atoms with Gasteiger partial charge in [0.2, 0.25) is 0 Å². The van der Waals surface area contributed by atoms with E-state index in [1.54, 1.807) is 0 Å². The van der Waals surface area contributed by atoms with E-state index in [2.05, 4.69) is 58.9 Å². The number of nitrogens with zero attached hydrogens (tertiary/aromatic N) is 3. The van der Waals surface area contributed by atoms with Crippen LogP contribution in [0.15, 0.2) is 30.3 Å². The van der Waals surface area contributed by atoms with Crippen LogP contribution in [0.4, 0.5) is 0 Å². The summed E-state index contributed by atoms with van der Waals surface area (Å²) in [7, 11) is 0. The first-order chi connectivity index (χ1) is 10.3. The van der Waals surface area contributed by atoms with Gasteiger partial charge in [0.25, 0.3) is 0 Å². The van der Waals surface area contributed by atoms with Crippen molar-refractivity contribution in [2.24, 2.45) is 5.92 Å². The van der Waals surface area contributed by atoms with E-state index in [-0.39, 0.29) is 0 Å². The summed E-state index contributed by atoms with van der Waals surface area (Å²) in [4.78, 5) is 4.54. The van der Waals surface area contributed by atoms with Crippen molar-refractivity contribution in [3.05, 3.63) is 47.5 Å². The van der Waals surface area contributed by atoms with E-state index in [1.807, 2.05) is 20.8 Å². The molecule has 114 valence electrons. The summed E-state index contributed by atoms with van der Waals surface area (Å²) >= 11 is 0. The summed E-state index contributed by atoms with van der Waals surface area (Å²) in [5.41, 5.74) is 1.37. The first-order valence-electron chi connectivity index (χ1n) is 8.24. The number of benzene rings is 1.